The highest BCUT2D eigenvalue weighted by molar-refractivity contribution is 6.32. The van der Waals surface area contributed by atoms with E-state index in [1.807, 2.05) is 18.2 Å². The first kappa shape index (κ1) is 13.7. The van der Waals surface area contributed by atoms with Crippen molar-refractivity contribution in [1.82, 2.24) is 5.32 Å². The van der Waals surface area contributed by atoms with Gasteiger partial charge in [-0.2, -0.15) is 0 Å². The standard InChI is InChI=1S/C14H21ClN2O/c1-18-14-5-4-11(8-12(14)15)13(16)7-10-3-2-6-17-9-10/h4-5,8,10,13,17H,2-3,6-7,9,16H2,1H3. The van der Waals surface area contributed by atoms with Gasteiger partial charge in [-0.15, -0.1) is 0 Å². The number of methoxy groups -OCH3 is 1. The lowest BCUT2D eigenvalue weighted by Crippen LogP contribution is -2.31. The van der Waals surface area contributed by atoms with Gasteiger partial charge in [-0.3, -0.25) is 0 Å². The van der Waals surface area contributed by atoms with E-state index in [0.717, 1.165) is 25.1 Å². The van der Waals surface area contributed by atoms with E-state index in [1.165, 1.54) is 12.8 Å². The number of nitrogens with two attached hydrogens (primary N) is 1. The summed E-state index contributed by atoms with van der Waals surface area (Å²) in [6.45, 7) is 2.22. The molecule has 0 aromatic heterocycles. The SMILES string of the molecule is COc1ccc(C(N)CC2CCCNC2)cc1Cl. The molecule has 1 aromatic carbocycles. The van der Waals surface area contributed by atoms with Crippen molar-refractivity contribution >= 4 is 11.6 Å². The van der Waals surface area contributed by atoms with Crippen LogP contribution in [0.15, 0.2) is 18.2 Å². The molecule has 3 N–H and O–H groups in total. The minimum absolute atomic E-state index is 0.0540. The van der Waals surface area contributed by atoms with Gasteiger partial charge in [0.2, 0.25) is 0 Å². The van der Waals surface area contributed by atoms with Crippen LogP contribution in [-0.2, 0) is 0 Å². The molecule has 1 aliphatic rings. The van der Waals surface area contributed by atoms with Crippen LogP contribution < -0.4 is 15.8 Å². The molecule has 1 saturated heterocycles. The highest BCUT2D eigenvalue weighted by Gasteiger charge is 2.18. The molecule has 1 heterocycles. The summed E-state index contributed by atoms with van der Waals surface area (Å²) in [7, 11) is 1.62. The van der Waals surface area contributed by atoms with Crippen LogP contribution in [0, 0.1) is 5.92 Å². The molecule has 0 aliphatic carbocycles. The Bertz CT molecular complexity index is 391. The minimum atomic E-state index is 0.0540. The first-order valence-electron chi connectivity index (χ1n) is 6.50. The fraction of sp³-hybridized carbons (Fsp3) is 0.571. The Morgan fingerprint density at radius 2 is 2.39 bits per heavy atom. The Kier molecular flexibility index (Phi) is 4.87. The molecule has 0 radical (unpaired) electrons. The summed E-state index contributed by atoms with van der Waals surface area (Å²) in [5.74, 6) is 1.38. The maximum atomic E-state index is 6.26. The zero-order chi connectivity index (χ0) is 13.0. The van der Waals surface area contributed by atoms with Crippen molar-refractivity contribution in [2.45, 2.75) is 25.3 Å². The van der Waals surface area contributed by atoms with Crippen LogP contribution in [0.25, 0.3) is 0 Å². The predicted octanol–water partition coefficient (Wildman–Crippen LogP) is 2.74. The lowest BCUT2D eigenvalue weighted by Gasteiger charge is -2.25. The van der Waals surface area contributed by atoms with Crippen molar-refractivity contribution in [2.75, 3.05) is 20.2 Å². The number of nitrogens with one attached hydrogen (secondary N) is 1. The second-order valence-corrected chi connectivity index (χ2v) is 5.36. The maximum absolute atomic E-state index is 6.26. The molecule has 0 spiro atoms. The number of hydrogen-bond donors (Lipinski definition) is 2. The quantitative estimate of drug-likeness (QED) is 0.883. The van der Waals surface area contributed by atoms with Crippen LogP contribution in [0.4, 0.5) is 0 Å². The Morgan fingerprint density at radius 3 is 3.00 bits per heavy atom. The molecule has 0 bridgehead atoms. The van der Waals surface area contributed by atoms with Crippen molar-refractivity contribution < 1.29 is 4.74 Å². The highest BCUT2D eigenvalue weighted by Crippen LogP contribution is 2.30. The van der Waals surface area contributed by atoms with E-state index in [-0.39, 0.29) is 6.04 Å². The van der Waals surface area contributed by atoms with Crippen molar-refractivity contribution in [3.8, 4) is 5.75 Å². The number of ether oxygens (including phenoxy) is 1. The molecule has 100 valence electrons. The number of halogens is 1. The Labute approximate surface area is 114 Å². The second-order valence-electron chi connectivity index (χ2n) is 4.95. The zero-order valence-electron chi connectivity index (χ0n) is 10.8. The van der Waals surface area contributed by atoms with Gasteiger partial charge in [0.25, 0.3) is 0 Å². The molecular formula is C14H21ClN2O. The van der Waals surface area contributed by atoms with Gasteiger partial charge in [-0.05, 0) is 56.0 Å². The molecule has 2 unspecified atom stereocenters. The summed E-state index contributed by atoms with van der Waals surface area (Å²) >= 11 is 6.12. The van der Waals surface area contributed by atoms with Gasteiger partial charge < -0.3 is 15.8 Å². The van der Waals surface area contributed by atoms with E-state index in [1.54, 1.807) is 7.11 Å². The predicted molar refractivity (Wildman–Crippen MR) is 75.1 cm³/mol. The summed E-state index contributed by atoms with van der Waals surface area (Å²) in [5.41, 5.74) is 7.35. The summed E-state index contributed by atoms with van der Waals surface area (Å²) in [4.78, 5) is 0. The molecule has 1 fully saturated rings. The van der Waals surface area contributed by atoms with Crippen LogP contribution in [0.2, 0.25) is 5.02 Å². The van der Waals surface area contributed by atoms with E-state index < -0.39 is 0 Å². The number of hydrogen-bond acceptors (Lipinski definition) is 3. The van der Waals surface area contributed by atoms with Crippen LogP contribution in [0.1, 0.15) is 30.9 Å². The van der Waals surface area contributed by atoms with Gasteiger partial charge >= 0.3 is 0 Å². The maximum Gasteiger partial charge on any atom is 0.137 e. The van der Waals surface area contributed by atoms with Crippen LogP contribution >= 0.6 is 11.6 Å². The van der Waals surface area contributed by atoms with Gasteiger partial charge in [-0.1, -0.05) is 17.7 Å². The topological polar surface area (TPSA) is 47.3 Å². The highest BCUT2D eigenvalue weighted by atomic mass is 35.5. The number of piperidine rings is 1. The lowest BCUT2D eigenvalue weighted by atomic mass is 9.90. The molecule has 0 saturated carbocycles. The van der Waals surface area contributed by atoms with Crippen molar-refractivity contribution in [1.29, 1.82) is 0 Å². The van der Waals surface area contributed by atoms with E-state index in [9.17, 15) is 0 Å². The van der Waals surface area contributed by atoms with E-state index in [0.29, 0.717) is 16.7 Å². The van der Waals surface area contributed by atoms with E-state index in [4.69, 9.17) is 22.1 Å². The fourth-order valence-electron chi connectivity index (χ4n) is 2.53. The third-order valence-corrected chi connectivity index (χ3v) is 3.89. The average Bonchev–Trinajstić information content (AvgIpc) is 2.39. The van der Waals surface area contributed by atoms with Gasteiger partial charge in [-0.25, -0.2) is 0 Å². The summed E-state index contributed by atoms with van der Waals surface area (Å²) in [6, 6.07) is 5.86. The largest absolute Gasteiger partial charge is 0.495 e. The molecule has 1 aromatic rings. The molecule has 1 aliphatic heterocycles. The number of benzene rings is 1. The second kappa shape index (κ2) is 6.41. The molecule has 4 heteroatoms. The monoisotopic (exact) mass is 268 g/mol. The Balaban J connectivity index is 1.99. The van der Waals surface area contributed by atoms with Crippen LogP contribution in [0.3, 0.4) is 0 Å². The van der Waals surface area contributed by atoms with Crippen molar-refractivity contribution in [3.05, 3.63) is 28.8 Å². The van der Waals surface area contributed by atoms with Crippen molar-refractivity contribution in [2.24, 2.45) is 11.7 Å². The first-order chi connectivity index (χ1) is 8.70. The number of rotatable bonds is 4. The molecule has 18 heavy (non-hydrogen) atoms. The van der Waals surface area contributed by atoms with Gasteiger partial charge in [0.05, 0.1) is 12.1 Å². The zero-order valence-corrected chi connectivity index (χ0v) is 11.5. The molecular weight excluding hydrogens is 248 g/mol. The van der Waals surface area contributed by atoms with E-state index >= 15 is 0 Å². The molecule has 2 atom stereocenters. The summed E-state index contributed by atoms with van der Waals surface area (Å²) in [5, 5.41) is 4.05. The van der Waals surface area contributed by atoms with E-state index in [2.05, 4.69) is 5.32 Å². The third-order valence-electron chi connectivity index (χ3n) is 3.59. The van der Waals surface area contributed by atoms with Crippen molar-refractivity contribution in [3.63, 3.8) is 0 Å². The normalized spacial score (nSPS) is 21.6. The Morgan fingerprint density at radius 1 is 1.56 bits per heavy atom. The first-order valence-corrected chi connectivity index (χ1v) is 6.88. The van der Waals surface area contributed by atoms with Gasteiger partial charge in [0.1, 0.15) is 5.75 Å². The van der Waals surface area contributed by atoms with Gasteiger partial charge in [0.15, 0.2) is 0 Å². The van der Waals surface area contributed by atoms with Crippen LogP contribution in [-0.4, -0.2) is 20.2 Å². The van der Waals surface area contributed by atoms with Crippen LogP contribution in [0.5, 0.6) is 5.75 Å². The summed E-state index contributed by atoms with van der Waals surface area (Å²) in [6.07, 6.45) is 3.53. The smallest absolute Gasteiger partial charge is 0.137 e. The minimum Gasteiger partial charge on any atom is -0.495 e. The van der Waals surface area contributed by atoms with Gasteiger partial charge in [0, 0.05) is 6.04 Å². The average molecular weight is 269 g/mol. The molecule has 3 nitrogen and oxygen atoms in total. The molecule has 2 rings (SSSR count). The lowest BCUT2D eigenvalue weighted by molar-refractivity contribution is 0.336. The molecule has 0 amide bonds. The third kappa shape index (κ3) is 3.37. The Hall–Kier alpha value is -0.770. The fourth-order valence-corrected chi connectivity index (χ4v) is 2.80. The summed E-state index contributed by atoms with van der Waals surface area (Å²) < 4.78 is 5.15.